The van der Waals surface area contributed by atoms with Gasteiger partial charge in [0.1, 0.15) is 0 Å². The fourth-order valence-corrected chi connectivity index (χ4v) is 2.13. The molecule has 0 aliphatic rings. The van der Waals surface area contributed by atoms with Crippen LogP contribution in [0, 0.1) is 13.8 Å². The van der Waals surface area contributed by atoms with Gasteiger partial charge in [-0.1, -0.05) is 23.8 Å². The Bertz CT molecular complexity index is 556. The molecular weight excluding hydrogens is 220 g/mol. The van der Waals surface area contributed by atoms with E-state index in [4.69, 9.17) is 0 Å². The van der Waals surface area contributed by atoms with E-state index in [-0.39, 0.29) is 10.9 Å². The minimum absolute atomic E-state index is 0.0983. The lowest BCUT2D eigenvalue weighted by Crippen LogP contribution is -2.03. The molecule has 2 N–H and O–H groups in total. The number of thiol groups is 1. The summed E-state index contributed by atoms with van der Waals surface area (Å²) >= 11 is 4.55. The number of aromatic nitrogens is 2. The van der Waals surface area contributed by atoms with Gasteiger partial charge >= 0.3 is 5.69 Å². The Balaban J connectivity index is 2.44. The van der Waals surface area contributed by atoms with Crippen LogP contribution in [0.25, 0.3) is 0 Å². The summed E-state index contributed by atoms with van der Waals surface area (Å²) in [6.07, 6.45) is 1.67. The highest BCUT2D eigenvalue weighted by Crippen LogP contribution is 2.29. The Morgan fingerprint density at radius 2 is 2.06 bits per heavy atom. The highest BCUT2D eigenvalue weighted by atomic mass is 32.1. The van der Waals surface area contributed by atoms with Gasteiger partial charge in [-0.05, 0) is 25.0 Å². The summed E-state index contributed by atoms with van der Waals surface area (Å²) in [5, 5.41) is -0.0983. The van der Waals surface area contributed by atoms with Crippen LogP contribution in [0.4, 0.5) is 0 Å². The van der Waals surface area contributed by atoms with Gasteiger partial charge in [-0.3, -0.25) is 0 Å². The summed E-state index contributed by atoms with van der Waals surface area (Å²) < 4.78 is 0. The molecule has 1 unspecified atom stereocenters. The van der Waals surface area contributed by atoms with Gasteiger partial charge in [0.05, 0.1) is 10.9 Å². The number of rotatable bonds is 2. The summed E-state index contributed by atoms with van der Waals surface area (Å²) in [6, 6.07) is 6.23. The van der Waals surface area contributed by atoms with E-state index in [1.807, 2.05) is 13.8 Å². The molecule has 1 heterocycles. The average Bonchev–Trinajstić information content (AvgIpc) is 2.67. The van der Waals surface area contributed by atoms with Crippen LogP contribution in [0.1, 0.15) is 27.6 Å². The van der Waals surface area contributed by atoms with Gasteiger partial charge in [0.25, 0.3) is 0 Å². The number of aromatic amines is 2. The molecule has 2 aromatic rings. The van der Waals surface area contributed by atoms with Crippen molar-refractivity contribution in [2.45, 2.75) is 19.1 Å². The van der Waals surface area contributed by atoms with Gasteiger partial charge in [-0.2, -0.15) is 12.6 Å². The molecule has 0 radical (unpaired) electrons. The van der Waals surface area contributed by atoms with Crippen molar-refractivity contribution >= 4 is 12.6 Å². The highest BCUT2D eigenvalue weighted by Gasteiger charge is 2.13. The maximum Gasteiger partial charge on any atom is 0.323 e. The molecule has 4 heteroatoms. The first-order valence-corrected chi connectivity index (χ1v) is 5.62. The van der Waals surface area contributed by atoms with E-state index in [1.165, 1.54) is 11.1 Å². The largest absolute Gasteiger partial charge is 0.323 e. The Kier molecular flexibility index (Phi) is 2.92. The van der Waals surface area contributed by atoms with Crippen LogP contribution >= 0.6 is 12.6 Å². The number of imidazole rings is 1. The number of benzene rings is 1. The molecule has 0 bridgehead atoms. The summed E-state index contributed by atoms with van der Waals surface area (Å²) in [6.45, 7) is 4.09. The molecule has 0 amide bonds. The lowest BCUT2D eigenvalue weighted by Gasteiger charge is -2.12. The predicted octanol–water partition coefficient (Wildman–Crippen LogP) is 2.34. The molecule has 0 aliphatic carbocycles. The molecule has 0 spiro atoms. The van der Waals surface area contributed by atoms with Crippen LogP contribution in [-0.2, 0) is 0 Å². The molecule has 3 nitrogen and oxygen atoms in total. The normalized spacial score (nSPS) is 12.7. The second-order valence-electron chi connectivity index (χ2n) is 3.96. The summed E-state index contributed by atoms with van der Waals surface area (Å²) in [5.41, 5.74) is 4.09. The van der Waals surface area contributed by atoms with Gasteiger partial charge < -0.3 is 9.97 Å². The maximum absolute atomic E-state index is 11.0. The van der Waals surface area contributed by atoms with Crippen LogP contribution < -0.4 is 5.69 Å². The fourth-order valence-electron chi connectivity index (χ4n) is 1.72. The molecule has 1 aromatic carbocycles. The molecule has 2 rings (SSSR count). The Labute approximate surface area is 99.3 Å². The van der Waals surface area contributed by atoms with Crippen molar-refractivity contribution in [3.63, 3.8) is 0 Å². The zero-order valence-electron chi connectivity index (χ0n) is 9.24. The van der Waals surface area contributed by atoms with Crippen molar-refractivity contribution in [1.29, 1.82) is 0 Å². The lowest BCUT2D eigenvalue weighted by atomic mass is 10.0. The molecule has 0 saturated heterocycles. The second-order valence-corrected chi connectivity index (χ2v) is 4.48. The topological polar surface area (TPSA) is 48.6 Å². The van der Waals surface area contributed by atoms with Gasteiger partial charge in [0, 0.05) is 6.20 Å². The highest BCUT2D eigenvalue weighted by molar-refractivity contribution is 7.80. The van der Waals surface area contributed by atoms with E-state index in [2.05, 4.69) is 40.8 Å². The third-order valence-electron chi connectivity index (χ3n) is 2.64. The van der Waals surface area contributed by atoms with Gasteiger partial charge in [0.15, 0.2) is 0 Å². The summed E-state index contributed by atoms with van der Waals surface area (Å²) in [7, 11) is 0. The van der Waals surface area contributed by atoms with E-state index in [9.17, 15) is 4.79 Å². The number of hydrogen-bond donors (Lipinski definition) is 3. The zero-order valence-corrected chi connectivity index (χ0v) is 10.1. The number of H-pyrrole nitrogens is 2. The van der Waals surface area contributed by atoms with E-state index < -0.39 is 0 Å². The summed E-state index contributed by atoms with van der Waals surface area (Å²) in [5.74, 6) is 0. The van der Waals surface area contributed by atoms with Crippen LogP contribution in [0.5, 0.6) is 0 Å². The fraction of sp³-hybridized carbons (Fsp3) is 0.250. The van der Waals surface area contributed by atoms with Crippen LogP contribution in [0.15, 0.2) is 29.2 Å². The SMILES string of the molecule is Cc1ccc(C)c(C(S)c2c[nH]c(=O)[nH]2)c1. The molecule has 0 aliphatic heterocycles. The first-order valence-electron chi connectivity index (χ1n) is 5.11. The molecular formula is C12H14N2OS. The van der Waals surface area contributed by atoms with Crippen LogP contribution in [-0.4, -0.2) is 9.97 Å². The van der Waals surface area contributed by atoms with Crippen molar-refractivity contribution in [3.8, 4) is 0 Å². The van der Waals surface area contributed by atoms with Crippen LogP contribution in [0.2, 0.25) is 0 Å². The third-order valence-corrected chi connectivity index (χ3v) is 3.20. The smallest absolute Gasteiger partial charge is 0.313 e. The number of nitrogens with one attached hydrogen (secondary N) is 2. The van der Waals surface area contributed by atoms with E-state index in [1.54, 1.807) is 6.20 Å². The third kappa shape index (κ3) is 2.07. The van der Waals surface area contributed by atoms with E-state index in [0.29, 0.717) is 0 Å². The first-order chi connectivity index (χ1) is 7.58. The number of hydrogen-bond acceptors (Lipinski definition) is 2. The minimum Gasteiger partial charge on any atom is -0.313 e. The van der Waals surface area contributed by atoms with Crippen LogP contribution in [0.3, 0.4) is 0 Å². The molecule has 84 valence electrons. The van der Waals surface area contributed by atoms with Crippen molar-refractivity contribution in [1.82, 2.24) is 9.97 Å². The van der Waals surface area contributed by atoms with Gasteiger partial charge in [0.2, 0.25) is 0 Å². The average molecular weight is 234 g/mol. The Hall–Kier alpha value is -1.42. The van der Waals surface area contributed by atoms with E-state index >= 15 is 0 Å². The molecule has 0 fully saturated rings. The maximum atomic E-state index is 11.0. The van der Waals surface area contributed by atoms with Gasteiger partial charge in [-0.25, -0.2) is 4.79 Å². The molecule has 1 aromatic heterocycles. The first kappa shape index (κ1) is 11.1. The zero-order chi connectivity index (χ0) is 11.7. The monoisotopic (exact) mass is 234 g/mol. The lowest BCUT2D eigenvalue weighted by molar-refractivity contribution is 1.05. The second kappa shape index (κ2) is 4.22. The van der Waals surface area contributed by atoms with Crippen molar-refractivity contribution < 1.29 is 0 Å². The Morgan fingerprint density at radius 1 is 1.31 bits per heavy atom. The minimum atomic E-state index is -0.195. The van der Waals surface area contributed by atoms with Crippen molar-refractivity contribution in [2.75, 3.05) is 0 Å². The molecule has 1 atom stereocenters. The van der Waals surface area contributed by atoms with E-state index in [0.717, 1.165) is 11.3 Å². The summed E-state index contributed by atoms with van der Waals surface area (Å²) in [4.78, 5) is 16.4. The van der Waals surface area contributed by atoms with Crippen molar-refractivity contribution in [3.05, 3.63) is 57.3 Å². The standard InChI is InChI=1S/C12H14N2OS/c1-7-3-4-8(2)9(5-7)11(16)10-6-13-12(15)14-10/h3-6,11,16H,1-2H3,(H2,13,14,15). The van der Waals surface area contributed by atoms with Crippen molar-refractivity contribution in [2.24, 2.45) is 0 Å². The predicted molar refractivity (Wildman–Crippen MR) is 68.2 cm³/mol. The van der Waals surface area contributed by atoms with Gasteiger partial charge in [-0.15, -0.1) is 0 Å². The molecule has 16 heavy (non-hydrogen) atoms. The Morgan fingerprint density at radius 3 is 2.69 bits per heavy atom. The molecule has 0 saturated carbocycles. The quantitative estimate of drug-likeness (QED) is 0.686. The number of aryl methyl sites for hydroxylation is 2.